The van der Waals surface area contributed by atoms with Gasteiger partial charge in [0.05, 0.1) is 6.04 Å². The molecule has 1 aromatic rings. The Balaban J connectivity index is 2.18. The van der Waals surface area contributed by atoms with Crippen molar-refractivity contribution in [3.05, 3.63) is 35.9 Å². The number of amides is 1. The maximum absolute atomic E-state index is 12.0. The van der Waals surface area contributed by atoms with E-state index in [2.05, 4.69) is 32.9 Å². The zero-order valence-electron chi connectivity index (χ0n) is 12.1. The van der Waals surface area contributed by atoms with Gasteiger partial charge in [-0.05, 0) is 31.7 Å². The van der Waals surface area contributed by atoms with Gasteiger partial charge in [-0.3, -0.25) is 4.90 Å². The lowest BCUT2D eigenvalue weighted by atomic mass is 9.91. The zero-order valence-corrected chi connectivity index (χ0v) is 12.1. The second-order valence-corrected chi connectivity index (χ2v) is 5.49. The van der Waals surface area contributed by atoms with E-state index in [1.807, 2.05) is 23.1 Å². The molecule has 1 heterocycles. The summed E-state index contributed by atoms with van der Waals surface area (Å²) in [6.45, 7) is 6.92. The number of cyclic esters (lactones) is 1. The molecule has 0 bridgehead atoms. The van der Waals surface area contributed by atoms with Gasteiger partial charge in [-0.1, -0.05) is 44.2 Å². The fourth-order valence-electron chi connectivity index (χ4n) is 2.75. The minimum Gasteiger partial charge on any atom is -0.447 e. The molecule has 1 atom stereocenters. The van der Waals surface area contributed by atoms with Gasteiger partial charge < -0.3 is 4.74 Å². The van der Waals surface area contributed by atoms with Crippen molar-refractivity contribution in [1.82, 2.24) is 4.90 Å². The molecule has 1 unspecified atom stereocenters. The van der Waals surface area contributed by atoms with Gasteiger partial charge in [0.1, 0.15) is 6.61 Å². The Morgan fingerprint density at radius 2 is 1.89 bits per heavy atom. The third-order valence-corrected chi connectivity index (χ3v) is 4.38. The highest BCUT2D eigenvalue weighted by molar-refractivity contribution is 5.71. The van der Waals surface area contributed by atoms with Crippen molar-refractivity contribution < 1.29 is 9.53 Å². The van der Waals surface area contributed by atoms with Crippen molar-refractivity contribution in [1.29, 1.82) is 0 Å². The van der Waals surface area contributed by atoms with E-state index in [4.69, 9.17) is 4.74 Å². The van der Waals surface area contributed by atoms with Gasteiger partial charge in [0.15, 0.2) is 0 Å². The lowest BCUT2D eigenvalue weighted by molar-refractivity contribution is 0.0973. The molecule has 0 spiro atoms. The van der Waals surface area contributed by atoms with Gasteiger partial charge in [0.25, 0.3) is 0 Å². The van der Waals surface area contributed by atoms with Crippen molar-refractivity contribution in [2.24, 2.45) is 0 Å². The minimum absolute atomic E-state index is 0.104. The van der Waals surface area contributed by atoms with Crippen LogP contribution < -0.4 is 0 Å². The predicted octanol–water partition coefficient (Wildman–Crippen LogP) is 3.63. The summed E-state index contributed by atoms with van der Waals surface area (Å²) in [5.74, 6) is 0. The standard InChI is InChI=1S/C16H23NO2/c1-4-16(3,5-2)17-14(12-19-15(17)18)11-13-9-7-6-8-10-13/h6-10,14H,4-5,11-12H2,1-3H3. The second-order valence-electron chi connectivity index (χ2n) is 5.49. The summed E-state index contributed by atoms with van der Waals surface area (Å²) in [5, 5.41) is 0. The second kappa shape index (κ2) is 5.64. The van der Waals surface area contributed by atoms with E-state index in [1.165, 1.54) is 5.56 Å². The number of nitrogens with zero attached hydrogens (tertiary/aromatic N) is 1. The summed E-state index contributed by atoms with van der Waals surface area (Å²) in [4.78, 5) is 14.0. The van der Waals surface area contributed by atoms with E-state index in [0.717, 1.165) is 19.3 Å². The van der Waals surface area contributed by atoms with E-state index < -0.39 is 0 Å². The molecule has 1 amide bonds. The fourth-order valence-corrected chi connectivity index (χ4v) is 2.75. The fraction of sp³-hybridized carbons (Fsp3) is 0.562. The highest BCUT2D eigenvalue weighted by atomic mass is 16.6. The van der Waals surface area contributed by atoms with Crippen LogP contribution in [0, 0.1) is 0 Å². The maximum Gasteiger partial charge on any atom is 0.410 e. The lowest BCUT2D eigenvalue weighted by Gasteiger charge is -2.39. The number of carbonyl (C=O) groups excluding carboxylic acids is 1. The SMILES string of the molecule is CCC(C)(CC)N1C(=O)OCC1Cc1ccccc1. The highest BCUT2D eigenvalue weighted by Gasteiger charge is 2.43. The molecule has 1 aromatic carbocycles. The molecule has 3 heteroatoms. The van der Waals surface area contributed by atoms with Gasteiger partial charge in [-0.25, -0.2) is 4.79 Å². The molecule has 1 saturated heterocycles. The monoisotopic (exact) mass is 261 g/mol. The van der Waals surface area contributed by atoms with E-state index in [-0.39, 0.29) is 17.7 Å². The molecular weight excluding hydrogens is 238 g/mol. The van der Waals surface area contributed by atoms with E-state index in [9.17, 15) is 4.79 Å². The van der Waals surface area contributed by atoms with E-state index in [0.29, 0.717) is 6.61 Å². The Morgan fingerprint density at radius 3 is 2.47 bits per heavy atom. The highest BCUT2D eigenvalue weighted by Crippen LogP contribution is 2.31. The molecule has 19 heavy (non-hydrogen) atoms. The Morgan fingerprint density at radius 1 is 1.26 bits per heavy atom. The average Bonchev–Trinajstić information content (AvgIpc) is 2.81. The lowest BCUT2D eigenvalue weighted by Crippen LogP contribution is -2.51. The molecule has 0 saturated carbocycles. The van der Waals surface area contributed by atoms with Crippen LogP contribution in [0.3, 0.4) is 0 Å². The van der Waals surface area contributed by atoms with Crippen molar-refractivity contribution in [2.45, 2.75) is 51.6 Å². The third kappa shape index (κ3) is 2.75. The van der Waals surface area contributed by atoms with Crippen molar-refractivity contribution >= 4 is 6.09 Å². The van der Waals surface area contributed by atoms with Crippen LogP contribution in [0.25, 0.3) is 0 Å². The Hall–Kier alpha value is -1.51. The minimum atomic E-state index is -0.160. The number of carbonyl (C=O) groups is 1. The van der Waals surface area contributed by atoms with Gasteiger partial charge in [-0.2, -0.15) is 0 Å². The first-order valence-electron chi connectivity index (χ1n) is 7.10. The first-order chi connectivity index (χ1) is 9.10. The summed E-state index contributed by atoms with van der Waals surface area (Å²) in [6, 6.07) is 10.5. The topological polar surface area (TPSA) is 29.5 Å². The largest absolute Gasteiger partial charge is 0.447 e. The average molecular weight is 261 g/mol. The van der Waals surface area contributed by atoms with Gasteiger partial charge >= 0.3 is 6.09 Å². The summed E-state index contributed by atoms with van der Waals surface area (Å²) < 4.78 is 5.29. The Bertz CT molecular complexity index is 426. The van der Waals surface area contributed by atoms with Crippen LogP contribution in [0.15, 0.2) is 30.3 Å². The van der Waals surface area contributed by atoms with Crippen LogP contribution in [0.4, 0.5) is 4.79 Å². The smallest absolute Gasteiger partial charge is 0.410 e. The molecule has 104 valence electrons. The van der Waals surface area contributed by atoms with Gasteiger partial charge in [-0.15, -0.1) is 0 Å². The third-order valence-electron chi connectivity index (χ3n) is 4.38. The first-order valence-corrected chi connectivity index (χ1v) is 7.10. The van der Waals surface area contributed by atoms with E-state index >= 15 is 0 Å². The molecule has 0 aliphatic carbocycles. The van der Waals surface area contributed by atoms with Crippen LogP contribution in [0.2, 0.25) is 0 Å². The molecule has 0 aromatic heterocycles. The molecule has 0 N–H and O–H groups in total. The molecule has 1 aliphatic heterocycles. The van der Waals surface area contributed by atoms with Gasteiger partial charge in [0.2, 0.25) is 0 Å². The first kappa shape index (κ1) is 13.9. The summed E-state index contributed by atoms with van der Waals surface area (Å²) >= 11 is 0. The number of rotatable bonds is 5. The van der Waals surface area contributed by atoms with Crippen molar-refractivity contribution in [2.75, 3.05) is 6.61 Å². The predicted molar refractivity (Wildman–Crippen MR) is 76.1 cm³/mol. The zero-order chi connectivity index (χ0) is 13.9. The van der Waals surface area contributed by atoms with Crippen LogP contribution in [0.1, 0.15) is 39.2 Å². The maximum atomic E-state index is 12.0. The van der Waals surface area contributed by atoms with Crippen LogP contribution in [-0.2, 0) is 11.2 Å². The molecular formula is C16H23NO2. The summed E-state index contributed by atoms with van der Waals surface area (Å²) in [7, 11) is 0. The summed E-state index contributed by atoms with van der Waals surface area (Å²) in [5.41, 5.74) is 1.15. The molecule has 1 aliphatic rings. The molecule has 0 radical (unpaired) electrons. The van der Waals surface area contributed by atoms with E-state index in [1.54, 1.807) is 0 Å². The van der Waals surface area contributed by atoms with Crippen molar-refractivity contribution in [3.63, 3.8) is 0 Å². The van der Waals surface area contributed by atoms with Crippen LogP contribution in [0.5, 0.6) is 0 Å². The van der Waals surface area contributed by atoms with Gasteiger partial charge in [0, 0.05) is 5.54 Å². The van der Waals surface area contributed by atoms with Crippen LogP contribution in [-0.4, -0.2) is 29.2 Å². The molecule has 1 fully saturated rings. The Kier molecular flexibility index (Phi) is 4.13. The Labute approximate surface area is 115 Å². The van der Waals surface area contributed by atoms with Crippen molar-refractivity contribution in [3.8, 4) is 0 Å². The summed E-state index contributed by atoms with van der Waals surface area (Å²) in [6.07, 6.45) is 2.60. The quantitative estimate of drug-likeness (QED) is 0.810. The molecule has 2 rings (SSSR count). The number of hydrogen-bond acceptors (Lipinski definition) is 2. The molecule has 3 nitrogen and oxygen atoms in total. The number of ether oxygens (including phenoxy) is 1. The number of benzene rings is 1. The normalized spacial score (nSPS) is 19.6. The van der Waals surface area contributed by atoms with Crippen LogP contribution >= 0.6 is 0 Å². The number of hydrogen-bond donors (Lipinski definition) is 0.